The Balaban J connectivity index is 1.48. The number of nitrogens with one attached hydrogen (secondary N) is 1. The zero-order valence-corrected chi connectivity index (χ0v) is 17.3. The molecule has 0 unspecified atom stereocenters. The number of fused-ring (bicyclic) bond motifs is 3. The smallest absolute Gasteiger partial charge is 0.428 e. The third kappa shape index (κ3) is 3.95. The third-order valence-electron chi connectivity index (χ3n) is 6.69. The van der Waals surface area contributed by atoms with Gasteiger partial charge in [0.25, 0.3) is 0 Å². The molecule has 1 saturated heterocycles. The number of hydrogen-bond donors (Lipinski definition) is 3. The van der Waals surface area contributed by atoms with Crippen molar-refractivity contribution in [2.45, 2.75) is 45.0 Å². The number of carbonyl (C=O) groups excluding carboxylic acids is 3. The molecular weight excluding hydrogens is 402 g/mol. The summed E-state index contributed by atoms with van der Waals surface area (Å²) in [5.41, 5.74) is 3.71. The van der Waals surface area contributed by atoms with Crippen LogP contribution < -0.4 is 5.43 Å². The number of carbonyl (C=O) groups is 3. The molecule has 4 rings (SSSR count). The highest BCUT2D eigenvalue weighted by atomic mass is 16.6. The fraction of sp³-hybridized carbons (Fsp3) is 0.545. The first-order valence-corrected chi connectivity index (χ1v) is 10.7. The predicted molar refractivity (Wildman–Crippen MR) is 109 cm³/mol. The number of amides is 3. The molecule has 1 aliphatic heterocycles. The van der Waals surface area contributed by atoms with Crippen molar-refractivity contribution in [1.29, 1.82) is 0 Å². The first-order chi connectivity index (χ1) is 14.9. The van der Waals surface area contributed by atoms with E-state index >= 15 is 0 Å². The van der Waals surface area contributed by atoms with Crippen LogP contribution in [-0.4, -0.2) is 57.5 Å². The fourth-order valence-electron chi connectivity index (χ4n) is 5.25. The van der Waals surface area contributed by atoms with E-state index in [2.05, 4.69) is 10.5 Å². The van der Waals surface area contributed by atoms with Gasteiger partial charge in [-0.1, -0.05) is 30.3 Å². The molecule has 0 radical (unpaired) electrons. The van der Waals surface area contributed by atoms with Gasteiger partial charge in [-0.2, -0.15) is 5.10 Å². The summed E-state index contributed by atoms with van der Waals surface area (Å²) in [5.74, 6) is -2.57. The Kier molecular flexibility index (Phi) is 6.06. The Morgan fingerprint density at radius 1 is 1.16 bits per heavy atom. The molecule has 3 N–H and O–H groups in total. The van der Waals surface area contributed by atoms with Crippen LogP contribution in [0.15, 0.2) is 35.4 Å². The van der Waals surface area contributed by atoms with Gasteiger partial charge in [-0.15, -0.1) is 0 Å². The van der Waals surface area contributed by atoms with Crippen LogP contribution in [0.3, 0.4) is 0 Å². The van der Waals surface area contributed by atoms with E-state index in [0.29, 0.717) is 18.6 Å². The van der Waals surface area contributed by atoms with Gasteiger partial charge in [-0.25, -0.2) is 10.2 Å². The molecule has 3 aliphatic rings. The van der Waals surface area contributed by atoms with Crippen LogP contribution in [0, 0.1) is 23.7 Å². The average molecular weight is 429 g/mol. The van der Waals surface area contributed by atoms with E-state index in [1.54, 1.807) is 6.92 Å². The summed E-state index contributed by atoms with van der Waals surface area (Å²) in [4.78, 5) is 38.8. The van der Waals surface area contributed by atoms with Gasteiger partial charge in [0.2, 0.25) is 11.8 Å². The lowest BCUT2D eigenvalue weighted by atomic mass is 9.60. The van der Waals surface area contributed by atoms with E-state index < -0.39 is 36.1 Å². The average Bonchev–Trinajstić information content (AvgIpc) is 3.03. The number of imide groups is 1. The van der Waals surface area contributed by atoms with Crippen molar-refractivity contribution in [3.05, 3.63) is 35.9 Å². The first kappa shape index (κ1) is 21.5. The summed E-state index contributed by atoms with van der Waals surface area (Å²) < 4.78 is 5.16. The monoisotopic (exact) mass is 429 g/mol. The van der Waals surface area contributed by atoms with Gasteiger partial charge >= 0.3 is 6.09 Å². The molecule has 0 bridgehead atoms. The first-order valence-electron chi connectivity index (χ1n) is 10.7. The highest BCUT2D eigenvalue weighted by Crippen LogP contribution is 2.49. The SMILES string of the molecule is CCN1C(=O)[C@H]2[C@H]3[C@H](O)[C@H](O)CC(=NNC(=O)OCc4ccccc4)[C@H]3CC[C@H]2C1=O. The molecule has 0 aromatic heterocycles. The second-order valence-corrected chi connectivity index (χ2v) is 8.35. The third-order valence-corrected chi connectivity index (χ3v) is 6.69. The van der Waals surface area contributed by atoms with Crippen LogP contribution in [0.2, 0.25) is 0 Å². The van der Waals surface area contributed by atoms with Gasteiger partial charge in [-0.05, 0) is 25.3 Å². The van der Waals surface area contributed by atoms with Crippen LogP contribution in [-0.2, 0) is 20.9 Å². The highest BCUT2D eigenvalue weighted by molar-refractivity contribution is 6.06. The summed E-state index contributed by atoms with van der Waals surface area (Å²) in [6.45, 7) is 2.13. The molecule has 1 heterocycles. The van der Waals surface area contributed by atoms with E-state index in [9.17, 15) is 24.6 Å². The lowest BCUT2D eigenvalue weighted by Crippen LogP contribution is -2.55. The molecule has 1 aromatic rings. The number of likely N-dealkylation sites (tertiary alicyclic amines) is 1. The van der Waals surface area contributed by atoms with E-state index in [4.69, 9.17) is 4.74 Å². The van der Waals surface area contributed by atoms with E-state index in [0.717, 1.165) is 5.56 Å². The number of hydrazone groups is 1. The van der Waals surface area contributed by atoms with Crippen LogP contribution in [0.1, 0.15) is 31.7 Å². The van der Waals surface area contributed by atoms with Crippen LogP contribution >= 0.6 is 0 Å². The Bertz CT molecular complexity index is 888. The van der Waals surface area contributed by atoms with Gasteiger partial charge in [0.1, 0.15) is 6.61 Å². The number of aliphatic hydroxyl groups excluding tert-OH is 2. The van der Waals surface area contributed by atoms with Crippen molar-refractivity contribution >= 4 is 23.6 Å². The zero-order chi connectivity index (χ0) is 22.1. The number of nitrogens with zero attached hydrogens (tertiary/aromatic N) is 2. The molecule has 0 spiro atoms. The Labute approximate surface area is 180 Å². The number of ether oxygens (including phenoxy) is 1. The summed E-state index contributed by atoms with van der Waals surface area (Å²) in [6, 6.07) is 9.22. The maximum absolute atomic E-state index is 12.9. The van der Waals surface area contributed by atoms with Crippen LogP contribution in [0.5, 0.6) is 0 Å². The van der Waals surface area contributed by atoms with Crippen molar-refractivity contribution < 1.29 is 29.3 Å². The predicted octanol–water partition coefficient (Wildman–Crippen LogP) is 1.04. The number of hydrogen-bond acceptors (Lipinski definition) is 7. The molecule has 2 saturated carbocycles. The summed E-state index contributed by atoms with van der Waals surface area (Å²) in [7, 11) is 0. The molecule has 166 valence electrons. The van der Waals surface area contributed by atoms with Crippen molar-refractivity contribution in [2.24, 2.45) is 28.8 Å². The van der Waals surface area contributed by atoms with Gasteiger partial charge in [0, 0.05) is 30.5 Å². The van der Waals surface area contributed by atoms with E-state index in [-0.39, 0.29) is 37.3 Å². The van der Waals surface area contributed by atoms with Gasteiger partial charge in [0.05, 0.1) is 24.0 Å². The molecule has 2 aliphatic carbocycles. The molecule has 6 atom stereocenters. The summed E-state index contributed by atoms with van der Waals surface area (Å²) in [5, 5.41) is 25.3. The fourth-order valence-corrected chi connectivity index (χ4v) is 5.25. The van der Waals surface area contributed by atoms with E-state index in [1.165, 1.54) is 4.90 Å². The summed E-state index contributed by atoms with van der Waals surface area (Å²) in [6.07, 6.45) is -1.85. The van der Waals surface area contributed by atoms with Crippen molar-refractivity contribution in [1.82, 2.24) is 10.3 Å². The van der Waals surface area contributed by atoms with Gasteiger partial charge < -0.3 is 14.9 Å². The van der Waals surface area contributed by atoms with Crippen LogP contribution in [0.4, 0.5) is 4.79 Å². The second kappa shape index (κ2) is 8.76. The number of benzene rings is 1. The second-order valence-electron chi connectivity index (χ2n) is 8.35. The molecule has 3 fully saturated rings. The normalized spacial score (nSPS) is 33.8. The Morgan fingerprint density at radius 2 is 1.87 bits per heavy atom. The van der Waals surface area contributed by atoms with Gasteiger partial charge in [-0.3, -0.25) is 14.5 Å². The maximum atomic E-state index is 12.9. The van der Waals surface area contributed by atoms with Crippen molar-refractivity contribution in [3.63, 3.8) is 0 Å². The lowest BCUT2D eigenvalue weighted by Gasteiger charge is -2.45. The molecule has 3 amide bonds. The zero-order valence-electron chi connectivity index (χ0n) is 17.3. The van der Waals surface area contributed by atoms with Crippen LogP contribution in [0.25, 0.3) is 0 Å². The minimum absolute atomic E-state index is 0.0817. The molecule has 9 nitrogen and oxygen atoms in total. The molecule has 31 heavy (non-hydrogen) atoms. The van der Waals surface area contributed by atoms with Gasteiger partial charge in [0.15, 0.2) is 0 Å². The molecular formula is C22H27N3O6. The topological polar surface area (TPSA) is 129 Å². The van der Waals surface area contributed by atoms with Crippen molar-refractivity contribution in [2.75, 3.05) is 6.54 Å². The highest BCUT2D eigenvalue weighted by Gasteiger charge is 2.59. The standard InChI is InChI=1S/C22H27N3O6/c1-2-25-20(28)14-9-8-13-15(10-16(26)19(27)17(13)18(14)21(25)29)23-24-22(30)31-11-12-6-4-3-5-7-12/h3-7,13-14,16-19,26-27H,2,8-11H2,1H3,(H,24,30)/t13-,14-,16-,17+,18-,19-/m1/s1. The quantitative estimate of drug-likeness (QED) is 0.485. The van der Waals surface area contributed by atoms with E-state index in [1.807, 2.05) is 30.3 Å². The maximum Gasteiger partial charge on any atom is 0.428 e. The van der Waals surface area contributed by atoms with Crippen molar-refractivity contribution in [3.8, 4) is 0 Å². The number of rotatable bonds is 4. The number of aliphatic hydroxyl groups is 2. The molecule has 1 aromatic carbocycles. The minimum atomic E-state index is -1.13. The minimum Gasteiger partial charge on any atom is -0.443 e. The Hall–Kier alpha value is -2.78. The molecule has 9 heteroatoms. The largest absolute Gasteiger partial charge is 0.443 e. The lowest BCUT2D eigenvalue weighted by molar-refractivity contribution is -0.141. The Morgan fingerprint density at radius 3 is 2.58 bits per heavy atom. The summed E-state index contributed by atoms with van der Waals surface area (Å²) >= 11 is 0.